The summed E-state index contributed by atoms with van der Waals surface area (Å²) in [7, 11) is 0. The van der Waals surface area contributed by atoms with E-state index < -0.39 is 5.60 Å². The molecule has 1 saturated carbocycles. The Hall–Kier alpha value is -2.37. The van der Waals surface area contributed by atoms with Crippen molar-refractivity contribution in [2.45, 2.75) is 122 Å². The number of hydrogen-bond acceptors (Lipinski definition) is 4. The number of hydrogen-bond donors (Lipinski definition) is 0. The lowest BCUT2D eigenvalue weighted by Crippen LogP contribution is -2.51. The molecule has 0 N–H and O–H groups in total. The van der Waals surface area contributed by atoms with Crippen molar-refractivity contribution in [3.8, 4) is 0 Å². The molecule has 5 nitrogen and oxygen atoms in total. The van der Waals surface area contributed by atoms with E-state index in [2.05, 4.69) is 79.4 Å². The zero-order valence-corrected chi connectivity index (χ0v) is 24.9. The van der Waals surface area contributed by atoms with Crippen molar-refractivity contribution in [2.24, 2.45) is 5.92 Å². The van der Waals surface area contributed by atoms with Crippen molar-refractivity contribution in [2.75, 3.05) is 6.61 Å². The van der Waals surface area contributed by atoms with Crippen LogP contribution >= 0.6 is 0 Å². The molecule has 2 fully saturated rings. The zero-order valence-electron chi connectivity index (χ0n) is 24.9. The molecule has 39 heavy (non-hydrogen) atoms. The van der Waals surface area contributed by atoms with Crippen LogP contribution in [-0.4, -0.2) is 52.3 Å². The average molecular weight is 535 g/mol. The molecule has 2 aromatic carbocycles. The third kappa shape index (κ3) is 9.08. The van der Waals surface area contributed by atoms with Gasteiger partial charge >= 0.3 is 6.09 Å². The van der Waals surface area contributed by atoms with Crippen LogP contribution in [0.25, 0.3) is 0 Å². The van der Waals surface area contributed by atoms with Crippen LogP contribution in [0.4, 0.5) is 4.79 Å². The molecule has 0 spiro atoms. The van der Waals surface area contributed by atoms with Crippen molar-refractivity contribution in [1.29, 1.82) is 0 Å². The summed E-state index contributed by atoms with van der Waals surface area (Å²) in [5, 5.41) is 0. The van der Waals surface area contributed by atoms with Crippen LogP contribution in [0.15, 0.2) is 60.7 Å². The van der Waals surface area contributed by atoms with Crippen LogP contribution in [0.1, 0.15) is 90.7 Å². The van der Waals surface area contributed by atoms with Gasteiger partial charge in [0, 0.05) is 37.8 Å². The predicted molar refractivity (Wildman–Crippen MR) is 158 cm³/mol. The molecule has 214 valence electrons. The van der Waals surface area contributed by atoms with Gasteiger partial charge in [-0.3, -0.25) is 4.90 Å². The van der Waals surface area contributed by atoms with Crippen molar-refractivity contribution in [3.05, 3.63) is 71.8 Å². The van der Waals surface area contributed by atoms with Crippen LogP contribution in [0.2, 0.25) is 0 Å². The molecule has 5 heteroatoms. The van der Waals surface area contributed by atoms with Gasteiger partial charge in [-0.25, -0.2) is 4.79 Å². The van der Waals surface area contributed by atoms with E-state index in [1.165, 1.54) is 24.0 Å². The first-order valence-corrected chi connectivity index (χ1v) is 15.1. The fraction of sp³-hybridized carbons (Fsp3) is 0.618. The second-order valence-corrected chi connectivity index (χ2v) is 12.9. The first-order valence-electron chi connectivity index (χ1n) is 15.1. The Labute approximate surface area is 236 Å². The highest BCUT2D eigenvalue weighted by atomic mass is 16.6. The number of piperidine rings is 1. The summed E-state index contributed by atoms with van der Waals surface area (Å²) < 4.78 is 12.1. The molecular weight excluding hydrogens is 484 g/mol. The van der Waals surface area contributed by atoms with Crippen molar-refractivity contribution < 1.29 is 14.3 Å². The number of nitrogens with zero attached hydrogens (tertiary/aromatic N) is 2. The Morgan fingerprint density at radius 1 is 0.846 bits per heavy atom. The maximum atomic E-state index is 12.7. The summed E-state index contributed by atoms with van der Waals surface area (Å²) in [6.45, 7) is 12.9. The quantitative estimate of drug-likeness (QED) is 0.329. The van der Waals surface area contributed by atoms with Crippen LogP contribution in [-0.2, 0) is 22.6 Å². The summed E-state index contributed by atoms with van der Waals surface area (Å²) in [5.41, 5.74) is 2.31. The third-order valence-corrected chi connectivity index (χ3v) is 8.40. The Kier molecular flexibility index (Phi) is 10.5. The highest BCUT2D eigenvalue weighted by molar-refractivity contribution is 5.69. The summed E-state index contributed by atoms with van der Waals surface area (Å²) in [6, 6.07) is 22.7. The van der Waals surface area contributed by atoms with Crippen LogP contribution in [0, 0.1) is 5.92 Å². The molecule has 4 rings (SSSR count). The highest BCUT2D eigenvalue weighted by Gasteiger charge is 2.36. The second kappa shape index (κ2) is 13.8. The monoisotopic (exact) mass is 534 g/mol. The van der Waals surface area contributed by atoms with E-state index in [-0.39, 0.29) is 18.2 Å². The Morgan fingerprint density at radius 3 is 1.85 bits per heavy atom. The van der Waals surface area contributed by atoms with Crippen molar-refractivity contribution >= 4 is 6.09 Å². The van der Waals surface area contributed by atoms with Crippen molar-refractivity contribution in [3.63, 3.8) is 0 Å². The first-order chi connectivity index (χ1) is 18.7. The fourth-order valence-electron chi connectivity index (χ4n) is 6.56. The molecule has 1 unspecified atom stereocenters. The molecule has 1 aliphatic carbocycles. The van der Waals surface area contributed by atoms with Crippen LogP contribution < -0.4 is 0 Å². The second-order valence-electron chi connectivity index (χ2n) is 12.9. The summed E-state index contributed by atoms with van der Waals surface area (Å²) in [6.07, 6.45) is 7.95. The number of ether oxygens (including phenoxy) is 2. The first kappa shape index (κ1) is 29.6. The molecule has 1 amide bonds. The van der Waals surface area contributed by atoms with Gasteiger partial charge in [-0.1, -0.05) is 60.7 Å². The average Bonchev–Trinajstić information content (AvgIpc) is 2.88. The molecule has 2 aromatic rings. The number of carbonyl (C=O) groups excluding carboxylic acids is 1. The van der Waals surface area contributed by atoms with E-state index >= 15 is 0 Å². The van der Waals surface area contributed by atoms with E-state index in [0.717, 1.165) is 51.8 Å². The molecule has 1 heterocycles. The van der Waals surface area contributed by atoms with Gasteiger partial charge in [0.2, 0.25) is 0 Å². The zero-order chi connectivity index (χ0) is 27.8. The van der Waals surface area contributed by atoms with Gasteiger partial charge in [0.1, 0.15) is 5.60 Å². The predicted octanol–water partition coefficient (Wildman–Crippen LogP) is 7.83. The Bertz CT molecular complexity index is 945. The van der Waals surface area contributed by atoms with Gasteiger partial charge in [0.25, 0.3) is 0 Å². The van der Waals surface area contributed by atoms with E-state index in [0.29, 0.717) is 18.1 Å². The van der Waals surface area contributed by atoms with Gasteiger partial charge < -0.3 is 14.4 Å². The van der Waals surface area contributed by atoms with Gasteiger partial charge in [-0.05, 0) is 96.6 Å². The number of carbonyl (C=O) groups is 1. The topological polar surface area (TPSA) is 42.0 Å². The largest absolute Gasteiger partial charge is 0.444 e. The molecule has 0 radical (unpaired) electrons. The van der Waals surface area contributed by atoms with E-state index in [9.17, 15) is 4.79 Å². The van der Waals surface area contributed by atoms with Gasteiger partial charge in [0.15, 0.2) is 0 Å². The fourth-order valence-corrected chi connectivity index (χ4v) is 6.56. The smallest absolute Gasteiger partial charge is 0.410 e. The number of rotatable bonds is 9. The van der Waals surface area contributed by atoms with Gasteiger partial charge in [-0.15, -0.1) is 0 Å². The summed E-state index contributed by atoms with van der Waals surface area (Å²) in [5.74, 6) is 0.595. The lowest BCUT2D eigenvalue weighted by molar-refractivity contribution is -0.0202. The van der Waals surface area contributed by atoms with Crippen LogP contribution in [0.3, 0.4) is 0 Å². The molecule has 1 saturated heterocycles. The van der Waals surface area contributed by atoms with Crippen molar-refractivity contribution in [1.82, 2.24) is 9.80 Å². The van der Waals surface area contributed by atoms with Gasteiger partial charge in [-0.2, -0.15) is 0 Å². The number of amides is 1. The minimum absolute atomic E-state index is 0.178. The maximum Gasteiger partial charge on any atom is 0.410 e. The lowest BCUT2D eigenvalue weighted by atomic mass is 9.85. The Balaban J connectivity index is 1.22. The van der Waals surface area contributed by atoms with E-state index in [4.69, 9.17) is 9.47 Å². The van der Waals surface area contributed by atoms with Gasteiger partial charge in [0.05, 0.1) is 6.10 Å². The lowest BCUT2D eigenvalue weighted by Gasteiger charge is -2.43. The van der Waals surface area contributed by atoms with E-state index in [1.807, 2.05) is 25.7 Å². The van der Waals surface area contributed by atoms with Crippen LogP contribution in [0.5, 0.6) is 0 Å². The van der Waals surface area contributed by atoms with E-state index in [1.54, 1.807) is 0 Å². The molecular formula is C34H50N2O3. The highest BCUT2D eigenvalue weighted by Crippen LogP contribution is 2.32. The molecule has 0 aromatic heterocycles. The maximum absolute atomic E-state index is 12.7. The Morgan fingerprint density at radius 2 is 1.36 bits per heavy atom. The summed E-state index contributed by atoms with van der Waals surface area (Å²) in [4.78, 5) is 17.3. The normalized spacial score (nSPS) is 26.0. The minimum atomic E-state index is -0.458. The third-order valence-electron chi connectivity index (χ3n) is 8.40. The standard InChI is InChI=1S/C34H50N2O3/c1-26-22-30(23-27(2)36(26)33(37)39-34(3,4)5)20-21-38-32-18-16-31(17-19-32)35(24-28-12-8-6-9-13-28)25-29-14-10-7-11-15-29/h6-15,26-27,30-32H,16-25H2,1-5H3/t26-,27+,30?,31-,32-. The number of benzene rings is 2. The molecule has 1 aliphatic heterocycles. The minimum Gasteiger partial charge on any atom is -0.444 e. The summed E-state index contributed by atoms with van der Waals surface area (Å²) >= 11 is 0. The number of likely N-dealkylation sites (tertiary alicyclic amines) is 1. The molecule has 3 atom stereocenters. The molecule has 2 aliphatic rings. The SMILES string of the molecule is C[C@@H]1CC(CCO[C@H]2CC[C@H](N(Cc3ccccc3)Cc3ccccc3)CC2)C[C@H](C)N1C(=O)OC(C)(C)C. The molecule has 0 bridgehead atoms.